The molecule has 1 aliphatic rings. The van der Waals surface area contributed by atoms with Crippen LogP contribution in [0.2, 0.25) is 0 Å². The van der Waals surface area contributed by atoms with E-state index in [2.05, 4.69) is 27.1 Å². The predicted octanol–water partition coefficient (Wildman–Crippen LogP) is 1.33. The molecule has 0 radical (unpaired) electrons. The molecule has 0 bridgehead atoms. The van der Waals surface area contributed by atoms with E-state index in [9.17, 15) is 4.79 Å². The fraction of sp³-hybridized carbons (Fsp3) is 0.714. The van der Waals surface area contributed by atoms with E-state index in [1.807, 2.05) is 20.9 Å². The normalized spacial score (nSPS) is 23.3. The Morgan fingerprint density at radius 2 is 2.32 bits per heavy atom. The molecular weight excluding hydrogens is 240 g/mol. The number of rotatable bonds is 4. The molecule has 1 fully saturated rings. The third-order valence-electron chi connectivity index (χ3n) is 3.78. The first-order valence-corrected chi connectivity index (χ1v) is 6.94. The van der Waals surface area contributed by atoms with Crippen LogP contribution in [0.3, 0.4) is 0 Å². The molecule has 0 saturated carbocycles. The molecule has 106 valence electrons. The van der Waals surface area contributed by atoms with Crippen molar-refractivity contribution in [2.24, 2.45) is 5.41 Å². The molecule has 2 rings (SSSR count). The fourth-order valence-corrected chi connectivity index (χ4v) is 2.69. The topological polar surface area (TPSA) is 61.0 Å². The summed E-state index contributed by atoms with van der Waals surface area (Å²) in [5.41, 5.74) is 0.202. The van der Waals surface area contributed by atoms with Crippen molar-refractivity contribution in [2.75, 3.05) is 31.6 Å². The fourth-order valence-electron chi connectivity index (χ4n) is 2.69. The Labute approximate surface area is 114 Å². The second-order valence-corrected chi connectivity index (χ2v) is 6.16. The van der Waals surface area contributed by atoms with Crippen LogP contribution in [0.1, 0.15) is 38.9 Å². The molecule has 1 atom stereocenters. The van der Waals surface area contributed by atoms with Gasteiger partial charge in [0.2, 0.25) is 0 Å². The van der Waals surface area contributed by atoms with Crippen molar-refractivity contribution < 1.29 is 0 Å². The summed E-state index contributed by atoms with van der Waals surface area (Å²) in [7, 11) is 1.98. The molecule has 0 aromatic carbocycles. The van der Waals surface area contributed by atoms with E-state index in [0.29, 0.717) is 0 Å². The monoisotopic (exact) mass is 264 g/mol. The Kier molecular flexibility index (Phi) is 3.94. The molecule has 1 saturated heterocycles. The largest absolute Gasteiger partial charge is 0.356 e. The van der Waals surface area contributed by atoms with Crippen LogP contribution in [0.15, 0.2) is 10.9 Å². The van der Waals surface area contributed by atoms with Crippen molar-refractivity contribution in [2.45, 2.75) is 33.1 Å². The van der Waals surface area contributed by atoms with Gasteiger partial charge in [0.15, 0.2) is 0 Å². The van der Waals surface area contributed by atoms with Crippen molar-refractivity contribution in [1.29, 1.82) is 0 Å². The van der Waals surface area contributed by atoms with Crippen LogP contribution >= 0.6 is 0 Å². The van der Waals surface area contributed by atoms with Gasteiger partial charge >= 0.3 is 0 Å². The molecule has 19 heavy (non-hydrogen) atoms. The molecule has 5 heteroatoms. The van der Waals surface area contributed by atoms with E-state index in [1.54, 1.807) is 6.07 Å². The van der Waals surface area contributed by atoms with Gasteiger partial charge in [-0.25, -0.2) is 4.98 Å². The number of nitrogens with zero attached hydrogens (tertiary/aromatic N) is 2. The molecule has 0 amide bonds. The maximum absolute atomic E-state index is 11.7. The SMILES string of the molecule is CNCC1(C)CCN(c2cc(=O)[nH]c(C(C)C)n2)C1. The van der Waals surface area contributed by atoms with Gasteiger partial charge in [0.1, 0.15) is 11.6 Å². The van der Waals surface area contributed by atoms with E-state index in [4.69, 9.17) is 0 Å². The lowest BCUT2D eigenvalue weighted by atomic mass is 9.90. The molecule has 1 aromatic heterocycles. The Balaban J connectivity index is 2.22. The van der Waals surface area contributed by atoms with Gasteiger partial charge in [0.25, 0.3) is 5.56 Å². The van der Waals surface area contributed by atoms with Crippen molar-refractivity contribution in [3.05, 3.63) is 22.2 Å². The zero-order chi connectivity index (χ0) is 14.0. The summed E-state index contributed by atoms with van der Waals surface area (Å²) >= 11 is 0. The molecule has 5 nitrogen and oxygen atoms in total. The van der Waals surface area contributed by atoms with Crippen molar-refractivity contribution in [1.82, 2.24) is 15.3 Å². The lowest BCUT2D eigenvalue weighted by Gasteiger charge is -2.24. The summed E-state index contributed by atoms with van der Waals surface area (Å²) in [5, 5.41) is 3.25. The number of hydrogen-bond donors (Lipinski definition) is 2. The van der Waals surface area contributed by atoms with Crippen LogP contribution in [-0.4, -0.2) is 36.6 Å². The number of aromatic nitrogens is 2. The van der Waals surface area contributed by atoms with Crippen LogP contribution in [0.5, 0.6) is 0 Å². The van der Waals surface area contributed by atoms with E-state index in [-0.39, 0.29) is 16.9 Å². The highest BCUT2D eigenvalue weighted by atomic mass is 16.1. The second-order valence-electron chi connectivity index (χ2n) is 6.16. The third kappa shape index (κ3) is 3.15. The number of aromatic amines is 1. The predicted molar refractivity (Wildman–Crippen MR) is 77.8 cm³/mol. The van der Waals surface area contributed by atoms with Gasteiger partial charge in [0, 0.05) is 31.6 Å². The number of nitrogens with one attached hydrogen (secondary N) is 2. The summed E-state index contributed by atoms with van der Waals surface area (Å²) in [6.07, 6.45) is 1.12. The first-order valence-electron chi connectivity index (χ1n) is 6.94. The van der Waals surface area contributed by atoms with E-state index in [1.165, 1.54) is 0 Å². The highest BCUT2D eigenvalue weighted by molar-refractivity contribution is 5.39. The van der Waals surface area contributed by atoms with Crippen molar-refractivity contribution >= 4 is 5.82 Å². The summed E-state index contributed by atoms with van der Waals surface area (Å²) in [5.74, 6) is 1.82. The Bertz CT molecular complexity index is 496. The van der Waals surface area contributed by atoms with Gasteiger partial charge in [-0.1, -0.05) is 20.8 Å². The minimum absolute atomic E-state index is 0.0593. The lowest BCUT2D eigenvalue weighted by Crippen LogP contribution is -2.33. The van der Waals surface area contributed by atoms with Gasteiger partial charge in [0.05, 0.1) is 0 Å². The van der Waals surface area contributed by atoms with Gasteiger partial charge in [-0.15, -0.1) is 0 Å². The summed E-state index contributed by atoms with van der Waals surface area (Å²) < 4.78 is 0. The van der Waals surface area contributed by atoms with E-state index >= 15 is 0 Å². The summed E-state index contributed by atoms with van der Waals surface area (Å²) in [6, 6.07) is 1.61. The van der Waals surface area contributed by atoms with E-state index in [0.717, 1.165) is 37.7 Å². The van der Waals surface area contributed by atoms with Crippen LogP contribution in [0.25, 0.3) is 0 Å². The van der Waals surface area contributed by atoms with Crippen LogP contribution < -0.4 is 15.8 Å². The Hall–Kier alpha value is -1.36. The highest BCUT2D eigenvalue weighted by Gasteiger charge is 2.34. The summed E-state index contributed by atoms with van der Waals surface area (Å²) in [4.78, 5) is 21.3. The second kappa shape index (κ2) is 5.33. The molecular formula is C14H24N4O. The molecule has 1 aromatic rings. The zero-order valence-electron chi connectivity index (χ0n) is 12.3. The first kappa shape index (κ1) is 14.1. The maximum Gasteiger partial charge on any atom is 0.252 e. The summed E-state index contributed by atoms with van der Waals surface area (Å²) in [6.45, 7) is 9.26. The number of H-pyrrole nitrogens is 1. The smallest absolute Gasteiger partial charge is 0.252 e. The number of anilines is 1. The minimum atomic E-state index is -0.0593. The van der Waals surface area contributed by atoms with Gasteiger partial charge in [-0.3, -0.25) is 4.79 Å². The molecule has 1 aliphatic heterocycles. The average molecular weight is 264 g/mol. The standard InChI is InChI=1S/C14H24N4O/c1-10(2)13-16-11(7-12(19)17-13)18-6-5-14(3,9-18)8-15-4/h7,10,15H,5-6,8-9H2,1-4H3,(H,16,17,19). The maximum atomic E-state index is 11.7. The quantitative estimate of drug-likeness (QED) is 0.861. The Morgan fingerprint density at radius 3 is 2.95 bits per heavy atom. The molecule has 2 N–H and O–H groups in total. The van der Waals surface area contributed by atoms with Crippen molar-refractivity contribution in [3.63, 3.8) is 0 Å². The lowest BCUT2D eigenvalue weighted by molar-refractivity contribution is 0.355. The van der Waals surface area contributed by atoms with Gasteiger partial charge in [-0.05, 0) is 18.9 Å². The van der Waals surface area contributed by atoms with Crippen molar-refractivity contribution in [3.8, 4) is 0 Å². The van der Waals surface area contributed by atoms with Crippen LogP contribution in [0.4, 0.5) is 5.82 Å². The highest BCUT2D eigenvalue weighted by Crippen LogP contribution is 2.31. The van der Waals surface area contributed by atoms with Crippen LogP contribution in [0, 0.1) is 5.41 Å². The third-order valence-corrected chi connectivity index (χ3v) is 3.78. The van der Waals surface area contributed by atoms with Gasteiger partial charge < -0.3 is 15.2 Å². The minimum Gasteiger partial charge on any atom is -0.356 e. The number of hydrogen-bond acceptors (Lipinski definition) is 4. The molecule has 1 unspecified atom stereocenters. The van der Waals surface area contributed by atoms with Crippen LogP contribution in [-0.2, 0) is 0 Å². The molecule has 0 aliphatic carbocycles. The van der Waals surface area contributed by atoms with E-state index < -0.39 is 0 Å². The zero-order valence-corrected chi connectivity index (χ0v) is 12.3. The molecule has 2 heterocycles. The molecule has 0 spiro atoms. The van der Waals surface area contributed by atoms with Gasteiger partial charge in [-0.2, -0.15) is 0 Å². The average Bonchev–Trinajstić information content (AvgIpc) is 2.71. The first-order chi connectivity index (χ1) is 8.93. The Morgan fingerprint density at radius 1 is 1.58 bits per heavy atom.